The predicted octanol–water partition coefficient (Wildman–Crippen LogP) is 3.71. The van der Waals surface area contributed by atoms with Gasteiger partial charge in [0.05, 0.1) is 0 Å². The lowest BCUT2D eigenvalue weighted by molar-refractivity contribution is -0.117. The zero-order valence-electron chi connectivity index (χ0n) is 13.8. The zero-order valence-corrected chi connectivity index (χ0v) is 14.6. The highest BCUT2D eigenvalue weighted by Crippen LogP contribution is 2.47. The van der Waals surface area contributed by atoms with Gasteiger partial charge in [-0.3, -0.25) is 9.78 Å². The Labute approximate surface area is 150 Å². The number of rotatable bonds is 5. The van der Waals surface area contributed by atoms with Crippen molar-refractivity contribution in [1.29, 1.82) is 0 Å². The molecule has 5 nitrogen and oxygen atoms in total. The third kappa shape index (κ3) is 3.58. The van der Waals surface area contributed by atoms with Gasteiger partial charge in [-0.15, -0.1) is 0 Å². The number of nitrogens with zero attached hydrogens (tertiary/aromatic N) is 3. The fraction of sp³-hybridized carbons (Fsp3) is 0.211. The summed E-state index contributed by atoms with van der Waals surface area (Å²) < 4.78 is 1.98. The first-order valence-electron chi connectivity index (χ1n) is 8.17. The van der Waals surface area contributed by atoms with E-state index in [-0.39, 0.29) is 11.8 Å². The van der Waals surface area contributed by atoms with Gasteiger partial charge in [-0.05, 0) is 48.2 Å². The predicted molar refractivity (Wildman–Crippen MR) is 97.5 cm³/mol. The Balaban J connectivity index is 1.35. The molecule has 1 fully saturated rings. The van der Waals surface area contributed by atoms with E-state index in [9.17, 15) is 4.79 Å². The second kappa shape index (κ2) is 6.72. The van der Waals surface area contributed by atoms with Crippen LogP contribution in [0.1, 0.15) is 17.9 Å². The van der Waals surface area contributed by atoms with Crippen LogP contribution >= 0.6 is 11.8 Å². The summed E-state index contributed by atoms with van der Waals surface area (Å²) in [5.41, 5.74) is 1.97. The molecule has 0 bridgehead atoms. The maximum Gasteiger partial charge on any atom is 0.228 e. The summed E-state index contributed by atoms with van der Waals surface area (Å²) in [5.74, 6) is 0.427. The third-order valence-electron chi connectivity index (χ3n) is 4.35. The van der Waals surface area contributed by atoms with E-state index in [4.69, 9.17) is 0 Å². The van der Waals surface area contributed by atoms with E-state index in [1.165, 1.54) is 0 Å². The highest BCUT2D eigenvalue weighted by Gasteiger charge is 2.44. The molecular weight excluding hydrogens is 332 g/mol. The Morgan fingerprint density at radius 2 is 2.08 bits per heavy atom. The van der Waals surface area contributed by atoms with Gasteiger partial charge in [0, 0.05) is 48.3 Å². The largest absolute Gasteiger partial charge is 0.329 e. The number of anilines is 1. The summed E-state index contributed by atoms with van der Waals surface area (Å²) in [4.78, 5) is 21.9. The number of hydrogen-bond acceptors (Lipinski definition) is 4. The molecule has 2 aromatic heterocycles. The third-order valence-corrected chi connectivity index (χ3v) is 5.43. The second-order valence-electron chi connectivity index (χ2n) is 6.17. The Kier molecular flexibility index (Phi) is 4.28. The Morgan fingerprint density at radius 3 is 2.76 bits per heavy atom. The van der Waals surface area contributed by atoms with Crippen molar-refractivity contribution in [2.24, 2.45) is 13.0 Å². The number of benzene rings is 1. The summed E-state index contributed by atoms with van der Waals surface area (Å²) in [6, 6.07) is 11.8. The van der Waals surface area contributed by atoms with Crippen LogP contribution in [0.2, 0.25) is 0 Å². The van der Waals surface area contributed by atoms with E-state index in [0.29, 0.717) is 5.92 Å². The van der Waals surface area contributed by atoms with Gasteiger partial charge in [-0.2, -0.15) is 0 Å². The first-order valence-corrected chi connectivity index (χ1v) is 8.98. The van der Waals surface area contributed by atoms with E-state index >= 15 is 0 Å². The maximum atomic E-state index is 12.4. The van der Waals surface area contributed by atoms with Crippen LogP contribution in [0.3, 0.4) is 0 Å². The van der Waals surface area contributed by atoms with Crippen molar-refractivity contribution in [2.45, 2.75) is 22.4 Å². The molecule has 1 aliphatic carbocycles. The first kappa shape index (κ1) is 15.9. The zero-order chi connectivity index (χ0) is 17.2. The SMILES string of the molecule is Cn1ccnc1Sc1ccc(NC(=O)[C@@H]2C[C@H]2c2cccnc2)cc1. The van der Waals surface area contributed by atoms with Crippen molar-refractivity contribution >= 4 is 23.4 Å². The summed E-state index contributed by atoms with van der Waals surface area (Å²) >= 11 is 1.60. The molecule has 0 aliphatic heterocycles. The maximum absolute atomic E-state index is 12.4. The average molecular weight is 350 g/mol. The van der Waals surface area contributed by atoms with Gasteiger partial charge in [-0.25, -0.2) is 4.98 Å². The van der Waals surface area contributed by atoms with E-state index in [1.807, 2.05) is 60.4 Å². The molecule has 4 rings (SSSR count). The van der Waals surface area contributed by atoms with Crippen LogP contribution in [0, 0.1) is 5.92 Å². The number of amides is 1. The molecule has 0 saturated heterocycles. The Morgan fingerprint density at radius 1 is 1.24 bits per heavy atom. The number of carbonyl (C=O) groups excluding carboxylic acids is 1. The van der Waals surface area contributed by atoms with Crippen molar-refractivity contribution in [3.05, 3.63) is 66.7 Å². The lowest BCUT2D eigenvalue weighted by atomic mass is 10.1. The van der Waals surface area contributed by atoms with Crippen LogP contribution in [-0.2, 0) is 11.8 Å². The summed E-state index contributed by atoms with van der Waals surface area (Å²) in [6.45, 7) is 0. The number of carbonyl (C=O) groups is 1. The van der Waals surface area contributed by atoms with Crippen LogP contribution in [0.15, 0.2) is 71.2 Å². The number of imidazole rings is 1. The lowest BCUT2D eigenvalue weighted by Gasteiger charge is -2.07. The number of nitrogens with one attached hydrogen (secondary N) is 1. The highest BCUT2D eigenvalue weighted by molar-refractivity contribution is 7.99. The standard InChI is InChI=1S/C19H18N4OS/c1-23-10-9-21-19(23)25-15-6-4-14(5-7-15)22-18(24)17-11-16(17)13-3-2-8-20-12-13/h2-10,12,16-17H,11H2,1H3,(H,22,24)/t16-,17+/m0/s1. The number of aryl methyl sites for hydroxylation is 1. The normalized spacial score (nSPS) is 18.8. The molecule has 1 saturated carbocycles. The van der Waals surface area contributed by atoms with Crippen molar-refractivity contribution in [2.75, 3.05) is 5.32 Å². The van der Waals surface area contributed by atoms with Crippen LogP contribution in [0.25, 0.3) is 0 Å². The minimum absolute atomic E-state index is 0.0471. The molecule has 1 amide bonds. The summed E-state index contributed by atoms with van der Waals surface area (Å²) in [5, 5.41) is 3.95. The van der Waals surface area contributed by atoms with Crippen molar-refractivity contribution < 1.29 is 4.79 Å². The number of hydrogen-bond donors (Lipinski definition) is 1. The van der Waals surface area contributed by atoms with E-state index in [1.54, 1.807) is 24.2 Å². The summed E-state index contributed by atoms with van der Waals surface area (Å²) in [7, 11) is 1.97. The van der Waals surface area contributed by atoms with Gasteiger partial charge >= 0.3 is 0 Å². The molecule has 25 heavy (non-hydrogen) atoms. The van der Waals surface area contributed by atoms with Crippen LogP contribution in [0.5, 0.6) is 0 Å². The molecule has 1 aromatic carbocycles. The summed E-state index contributed by atoms with van der Waals surface area (Å²) in [6.07, 6.45) is 8.20. The lowest BCUT2D eigenvalue weighted by Crippen LogP contribution is -2.14. The molecule has 2 atom stereocenters. The molecule has 0 radical (unpaired) electrons. The molecule has 0 unspecified atom stereocenters. The fourth-order valence-electron chi connectivity index (χ4n) is 2.85. The van der Waals surface area contributed by atoms with Gasteiger partial charge in [0.15, 0.2) is 5.16 Å². The van der Waals surface area contributed by atoms with Crippen molar-refractivity contribution in [3.63, 3.8) is 0 Å². The highest BCUT2D eigenvalue weighted by atomic mass is 32.2. The molecular formula is C19H18N4OS. The van der Waals surface area contributed by atoms with E-state index in [2.05, 4.69) is 15.3 Å². The number of aromatic nitrogens is 3. The Hall–Kier alpha value is -2.60. The molecule has 126 valence electrons. The molecule has 0 spiro atoms. The van der Waals surface area contributed by atoms with Gasteiger partial charge in [0.25, 0.3) is 0 Å². The fourth-order valence-corrected chi connectivity index (χ4v) is 3.65. The van der Waals surface area contributed by atoms with Crippen LogP contribution in [-0.4, -0.2) is 20.4 Å². The Bertz CT molecular complexity index is 876. The quantitative estimate of drug-likeness (QED) is 0.762. The molecule has 3 aromatic rings. The topological polar surface area (TPSA) is 59.8 Å². The van der Waals surface area contributed by atoms with E-state index < -0.39 is 0 Å². The van der Waals surface area contributed by atoms with Gasteiger partial charge in [0.2, 0.25) is 5.91 Å². The molecule has 1 N–H and O–H groups in total. The second-order valence-corrected chi connectivity index (χ2v) is 7.21. The first-order chi connectivity index (χ1) is 12.2. The average Bonchev–Trinajstić information content (AvgIpc) is 3.35. The molecule has 2 heterocycles. The van der Waals surface area contributed by atoms with Gasteiger partial charge in [0.1, 0.15) is 0 Å². The smallest absolute Gasteiger partial charge is 0.228 e. The van der Waals surface area contributed by atoms with Crippen molar-refractivity contribution in [1.82, 2.24) is 14.5 Å². The van der Waals surface area contributed by atoms with Crippen molar-refractivity contribution in [3.8, 4) is 0 Å². The molecule has 1 aliphatic rings. The van der Waals surface area contributed by atoms with Crippen LogP contribution in [0.4, 0.5) is 5.69 Å². The number of pyridine rings is 1. The van der Waals surface area contributed by atoms with E-state index in [0.717, 1.165) is 27.7 Å². The van der Waals surface area contributed by atoms with Crippen LogP contribution < -0.4 is 5.32 Å². The minimum atomic E-state index is 0.0471. The van der Waals surface area contributed by atoms with Gasteiger partial charge < -0.3 is 9.88 Å². The minimum Gasteiger partial charge on any atom is -0.329 e. The monoisotopic (exact) mass is 350 g/mol. The van der Waals surface area contributed by atoms with Gasteiger partial charge in [-0.1, -0.05) is 17.8 Å². The molecule has 6 heteroatoms.